The second-order valence-corrected chi connectivity index (χ2v) is 7.38. The average molecular weight is 346 g/mol. The highest BCUT2D eigenvalue weighted by Crippen LogP contribution is 2.26. The van der Waals surface area contributed by atoms with Gasteiger partial charge in [-0.1, -0.05) is 31.4 Å². The first-order valence-electron chi connectivity index (χ1n) is 9.33. The zero-order chi connectivity index (χ0) is 17.8. The van der Waals surface area contributed by atoms with Gasteiger partial charge < -0.3 is 9.80 Å². The van der Waals surface area contributed by atoms with Crippen LogP contribution in [0.3, 0.4) is 0 Å². The van der Waals surface area contributed by atoms with E-state index in [1.165, 1.54) is 31.4 Å². The van der Waals surface area contributed by atoms with Gasteiger partial charge in [-0.3, -0.25) is 9.59 Å². The van der Waals surface area contributed by atoms with Crippen molar-refractivity contribution in [2.45, 2.75) is 57.5 Å². The molecule has 1 aliphatic carbocycles. The summed E-state index contributed by atoms with van der Waals surface area (Å²) in [5.41, 5.74) is 0.766. The van der Waals surface area contributed by atoms with Crippen molar-refractivity contribution < 1.29 is 14.0 Å². The van der Waals surface area contributed by atoms with Gasteiger partial charge in [-0.05, 0) is 37.0 Å². The van der Waals surface area contributed by atoms with Crippen LogP contribution in [-0.4, -0.2) is 41.2 Å². The molecular formula is C20H27FN2O2. The van der Waals surface area contributed by atoms with Gasteiger partial charge in [0.15, 0.2) is 0 Å². The highest BCUT2D eigenvalue weighted by molar-refractivity contribution is 5.84. The fourth-order valence-corrected chi connectivity index (χ4v) is 4.06. The van der Waals surface area contributed by atoms with Gasteiger partial charge in [-0.25, -0.2) is 4.39 Å². The summed E-state index contributed by atoms with van der Waals surface area (Å²) in [6.45, 7) is 0.804. The maximum atomic E-state index is 13.4. The molecule has 136 valence electrons. The van der Waals surface area contributed by atoms with Crippen molar-refractivity contribution in [3.05, 3.63) is 35.6 Å². The van der Waals surface area contributed by atoms with E-state index in [4.69, 9.17) is 0 Å². The molecule has 0 unspecified atom stereocenters. The second kappa shape index (κ2) is 7.98. The molecule has 1 atom stereocenters. The van der Waals surface area contributed by atoms with Crippen molar-refractivity contribution in [1.29, 1.82) is 0 Å². The molecule has 1 heterocycles. The number of benzene rings is 1. The quantitative estimate of drug-likeness (QED) is 0.839. The number of halogens is 1. The third kappa shape index (κ3) is 4.39. The third-order valence-corrected chi connectivity index (χ3v) is 5.58. The van der Waals surface area contributed by atoms with Gasteiger partial charge in [-0.2, -0.15) is 0 Å². The zero-order valence-electron chi connectivity index (χ0n) is 14.9. The number of carbonyl (C=O) groups excluding carboxylic acids is 2. The van der Waals surface area contributed by atoms with Crippen LogP contribution < -0.4 is 0 Å². The summed E-state index contributed by atoms with van der Waals surface area (Å²) in [6.07, 6.45) is 6.83. The lowest BCUT2D eigenvalue weighted by molar-refractivity contribution is -0.144. The molecule has 1 saturated heterocycles. The Morgan fingerprint density at radius 1 is 1.24 bits per heavy atom. The lowest BCUT2D eigenvalue weighted by atomic mass is 9.91. The molecule has 4 nitrogen and oxygen atoms in total. The first-order valence-corrected chi connectivity index (χ1v) is 9.33. The summed E-state index contributed by atoms with van der Waals surface area (Å²) in [6, 6.07) is 6.66. The van der Waals surface area contributed by atoms with Gasteiger partial charge >= 0.3 is 0 Å². The highest BCUT2D eigenvalue weighted by Gasteiger charge is 2.34. The van der Waals surface area contributed by atoms with Crippen LogP contribution in [0.2, 0.25) is 0 Å². The van der Waals surface area contributed by atoms with Crippen LogP contribution in [0.15, 0.2) is 24.3 Å². The van der Waals surface area contributed by atoms with E-state index < -0.39 is 0 Å². The molecular weight excluding hydrogens is 319 g/mol. The lowest BCUT2D eigenvalue weighted by Gasteiger charge is -2.37. The number of piperidine rings is 1. The zero-order valence-corrected chi connectivity index (χ0v) is 14.9. The van der Waals surface area contributed by atoms with E-state index in [9.17, 15) is 14.0 Å². The molecule has 0 N–H and O–H groups in total. The average Bonchev–Trinajstić information content (AvgIpc) is 2.63. The van der Waals surface area contributed by atoms with Crippen LogP contribution in [0.4, 0.5) is 4.39 Å². The predicted octanol–water partition coefficient (Wildman–Crippen LogP) is 3.36. The number of nitrogens with zero attached hydrogens (tertiary/aromatic N) is 2. The van der Waals surface area contributed by atoms with Crippen molar-refractivity contribution in [2.24, 2.45) is 5.92 Å². The molecule has 2 aliphatic rings. The van der Waals surface area contributed by atoms with Gasteiger partial charge in [-0.15, -0.1) is 0 Å². The van der Waals surface area contributed by atoms with E-state index in [2.05, 4.69) is 0 Å². The maximum Gasteiger partial charge on any atom is 0.227 e. The number of hydrogen-bond acceptors (Lipinski definition) is 2. The minimum Gasteiger partial charge on any atom is -0.342 e. The van der Waals surface area contributed by atoms with Crippen molar-refractivity contribution in [1.82, 2.24) is 9.80 Å². The normalized spacial score (nSPS) is 22.1. The van der Waals surface area contributed by atoms with E-state index in [1.54, 1.807) is 11.0 Å². The molecule has 0 aromatic heterocycles. The van der Waals surface area contributed by atoms with Gasteiger partial charge in [0.2, 0.25) is 11.8 Å². The van der Waals surface area contributed by atoms with Crippen molar-refractivity contribution >= 4 is 11.8 Å². The van der Waals surface area contributed by atoms with Crippen LogP contribution in [0.5, 0.6) is 0 Å². The molecule has 1 aromatic rings. The van der Waals surface area contributed by atoms with Gasteiger partial charge in [0, 0.05) is 32.6 Å². The number of likely N-dealkylation sites (tertiary alicyclic amines) is 1. The fourth-order valence-electron chi connectivity index (χ4n) is 4.06. The van der Waals surface area contributed by atoms with E-state index in [1.807, 2.05) is 18.0 Å². The second-order valence-electron chi connectivity index (χ2n) is 7.38. The van der Waals surface area contributed by atoms with Crippen molar-refractivity contribution in [2.75, 3.05) is 13.6 Å². The molecule has 5 heteroatoms. The molecule has 0 bridgehead atoms. The Balaban J connectivity index is 1.63. The molecule has 0 spiro atoms. The highest BCUT2D eigenvalue weighted by atomic mass is 19.1. The summed E-state index contributed by atoms with van der Waals surface area (Å²) >= 11 is 0. The molecule has 2 fully saturated rings. The Bertz CT molecular complexity index is 628. The molecule has 1 aliphatic heterocycles. The van der Waals surface area contributed by atoms with Gasteiger partial charge in [0.25, 0.3) is 0 Å². The monoisotopic (exact) mass is 346 g/mol. The van der Waals surface area contributed by atoms with Crippen molar-refractivity contribution in [3.63, 3.8) is 0 Å². The maximum absolute atomic E-state index is 13.4. The van der Waals surface area contributed by atoms with E-state index in [-0.39, 0.29) is 23.5 Å². The Morgan fingerprint density at radius 2 is 2.00 bits per heavy atom. The summed E-state index contributed by atoms with van der Waals surface area (Å²) in [4.78, 5) is 28.7. The fraction of sp³-hybridized carbons (Fsp3) is 0.600. The molecule has 2 amide bonds. The Labute approximate surface area is 149 Å². The number of amides is 2. The predicted molar refractivity (Wildman–Crippen MR) is 94.2 cm³/mol. The number of hydrogen-bond donors (Lipinski definition) is 0. The van der Waals surface area contributed by atoms with Crippen molar-refractivity contribution in [3.8, 4) is 0 Å². The summed E-state index contributed by atoms with van der Waals surface area (Å²) < 4.78 is 13.4. The molecule has 3 rings (SSSR count). The minimum atomic E-state index is -0.299. The van der Waals surface area contributed by atoms with E-state index >= 15 is 0 Å². The van der Waals surface area contributed by atoms with Gasteiger partial charge in [0.05, 0.1) is 5.92 Å². The van der Waals surface area contributed by atoms with Crippen LogP contribution in [-0.2, 0) is 16.1 Å². The molecule has 1 saturated carbocycles. The smallest absolute Gasteiger partial charge is 0.227 e. The van der Waals surface area contributed by atoms with E-state index in [0.29, 0.717) is 32.0 Å². The Morgan fingerprint density at radius 3 is 2.72 bits per heavy atom. The van der Waals surface area contributed by atoms with Gasteiger partial charge in [0.1, 0.15) is 5.82 Å². The molecule has 0 radical (unpaired) electrons. The largest absolute Gasteiger partial charge is 0.342 e. The SMILES string of the molecule is CN(C(=O)[C@@H]1CCC(=O)N(Cc2cccc(F)c2)C1)C1CCCCC1. The van der Waals surface area contributed by atoms with Crippen LogP contribution in [0.1, 0.15) is 50.5 Å². The standard InChI is InChI=1S/C20H27FN2O2/c1-22(18-8-3-2-4-9-18)20(25)16-10-11-19(24)23(14-16)13-15-6-5-7-17(21)12-15/h5-7,12,16,18H,2-4,8-11,13-14H2,1H3/t16-/m1/s1. The van der Waals surface area contributed by atoms with Crippen LogP contribution >= 0.6 is 0 Å². The minimum absolute atomic E-state index is 0.0497. The van der Waals surface area contributed by atoms with E-state index in [0.717, 1.165) is 18.4 Å². The summed E-state index contributed by atoms with van der Waals surface area (Å²) in [5, 5.41) is 0. The molecule has 1 aromatic carbocycles. The Hall–Kier alpha value is -1.91. The van der Waals surface area contributed by atoms with Crippen LogP contribution in [0, 0.1) is 11.7 Å². The van der Waals surface area contributed by atoms with Crippen LogP contribution in [0.25, 0.3) is 0 Å². The summed E-state index contributed by atoms with van der Waals surface area (Å²) in [5.74, 6) is -0.234. The topological polar surface area (TPSA) is 40.6 Å². The molecule has 25 heavy (non-hydrogen) atoms. The lowest BCUT2D eigenvalue weighted by Crippen LogP contribution is -2.48. The summed E-state index contributed by atoms with van der Waals surface area (Å²) in [7, 11) is 1.91. The first-order chi connectivity index (χ1) is 12.0. The Kier molecular flexibility index (Phi) is 5.71. The first kappa shape index (κ1) is 17.9. The third-order valence-electron chi connectivity index (χ3n) is 5.58. The number of rotatable bonds is 4. The number of carbonyl (C=O) groups is 2.